The number of benzene rings is 1. The lowest BCUT2D eigenvalue weighted by molar-refractivity contribution is -0.137. The molecule has 0 fully saturated rings. The summed E-state index contributed by atoms with van der Waals surface area (Å²) in [4.78, 5) is 12.7. The molecule has 0 N–H and O–H groups in total. The van der Waals surface area contributed by atoms with E-state index in [9.17, 15) is 4.79 Å². The van der Waals surface area contributed by atoms with Gasteiger partial charge in [-0.3, -0.25) is 0 Å². The first kappa shape index (κ1) is 15.9. The summed E-state index contributed by atoms with van der Waals surface area (Å²) in [6.07, 6.45) is -0.731. The Morgan fingerprint density at radius 3 is 2.71 bits per heavy atom. The van der Waals surface area contributed by atoms with Crippen molar-refractivity contribution in [1.82, 2.24) is 20.2 Å². The first-order valence-corrected chi connectivity index (χ1v) is 7.89. The summed E-state index contributed by atoms with van der Waals surface area (Å²) in [5.41, 5.74) is 0.911. The van der Waals surface area contributed by atoms with Crippen LogP contribution in [-0.2, 0) is 9.53 Å². The Bertz CT molecular complexity index is 830. The van der Waals surface area contributed by atoms with Gasteiger partial charge in [-0.25, -0.2) is 4.79 Å². The number of carbonyl (C=O) groups is 1. The number of hydrogen-bond donors (Lipinski definition) is 0. The van der Waals surface area contributed by atoms with Crippen molar-refractivity contribution in [2.45, 2.75) is 6.10 Å². The van der Waals surface area contributed by atoms with Gasteiger partial charge in [0.2, 0.25) is 0 Å². The number of nitrogens with zero attached hydrogens (tertiary/aromatic N) is 4. The fourth-order valence-electron chi connectivity index (χ4n) is 2.07. The molecule has 3 aromatic rings. The number of para-hydroxylation sites is 1. The number of ether oxygens (including phenoxy) is 2. The molecule has 0 aliphatic rings. The molecule has 0 aliphatic carbocycles. The van der Waals surface area contributed by atoms with Crippen LogP contribution in [0.25, 0.3) is 5.69 Å². The van der Waals surface area contributed by atoms with Crippen molar-refractivity contribution in [3.05, 3.63) is 64.9 Å². The van der Waals surface area contributed by atoms with Crippen molar-refractivity contribution in [2.24, 2.45) is 0 Å². The third-order valence-electron chi connectivity index (χ3n) is 3.23. The Hall–Kier alpha value is -3.00. The van der Waals surface area contributed by atoms with Crippen LogP contribution in [0.3, 0.4) is 0 Å². The quantitative estimate of drug-likeness (QED) is 0.506. The third kappa shape index (κ3) is 3.18. The Kier molecular flexibility index (Phi) is 4.66. The molecule has 8 heteroatoms. The SMILES string of the molecule is C=C(C(=O)OC)C(Oc1nnnn1-c1ccccc1)c1cccs1. The van der Waals surface area contributed by atoms with E-state index >= 15 is 0 Å². The van der Waals surface area contributed by atoms with Crippen LogP contribution in [0.5, 0.6) is 6.01 Å². The standard InChI is InChI=1S/C16H14N4O3S/c1-11(15(21)22-2)14(13-9-6-10-24-13)23-16-17-18-19-20(16)12-7-4-3-5-8-12/h3-10,14H,1H2,2H3. The number of methoxy groups -OCH3 is 1. The van der Waals surface area contributed by atoms with Gasteiger partial charge >= 0.3 is 12.0 Å². The van der Waals surface area contributed by atoms with Gasteiger partial charge in [0.1, 0.15) is 0 Å². The minimum Gasteiger partial charge on any atom is -0.466 e. The normalized spacial score (nSPS) is 11.7. The largest absolute Gasteiger partial charge is 0.466 e. The van der Waals surface area contributed by atoms with E-state index in [1.165, 1.54) is 23.1 Å². The molecule has 7 nitrogen and oxygen atoms in total. The highest BCUT2D eigenvalue weighted by Crippen LogP contribution is 2.30. The second kappa shape index (κ2) is 7.05. The van der Waals surface area contributed by atoms with Crippen molar-refractivity contribution in [2.75, 3.05) is 7.11 Å². The molecule has 2 aromatic heterocycles. The highest BCUT2D eigenvalue weighted by molar-refractivity contribution is 7.10. The van der Waals surface area contributed by atoms with Gasteiger partial charge in [-0.05, 0) is 34.0 Å². The van der Waals surface area contributed by atoms with Gasteiger partial charge in [-0.15, -0.1) is 11.3 Å². The fourth-order valence-corrected chi connectivity index (χ4v) is 2.85. The van der Waals surface area contributed by atoms with E-state index in [2.05, 4.69) is 22.1 Å². The van der Waals surface area contributed by atoms with Gasteiger partial charge in [0, 0.05) is 4.88 Å². The summed E-state index contributed by atoms with van der Waals surface area (Å²) >= 11 is 1.44. The maximum Gasteiger partial charge on any atom is 0.341 e. The lowest BCUT2D eigenvalue weighted by Gasteiger charge is -2.17. The van der Waals surface area contributed by atoms with Crippen LogP contribution in [0.1, 0.15) is 11.0 Å². The third-order valence-corrected chi connectivity index (χ3v) is 4.15. The number of rotatable bonds is 6. The average Bonchev–Trinajstić information content (AvgIpc) is 3.30. The van der Waals surface area contributed by atoms with Crippen LogP contribution in [0.2, 0.25) is 0 Å². The van der Waals surface area contributed by atoms with Gasteiger partial charge in [-0.1, -0.05) is 35.9 Å². The summed E-state index contributed by atoms with van der Waals surface area (Å²) in [5, 5.41) is 13.4. The Morgan fingerprint density at radius 2 is 2.04 bits per heavy atom. The fraction of sp³-hybridized carbons (Fsp3) is 0.125. The van der Waals surface area contributed by atoms with Crippen molar-refractivity contribution >= 4 is 17.3 Å². The molecule has 0 saturated heterocycles. The van der Waals surface area contributed by atoms with E-state index < -0.39 is 12.1 Å². The number of hydrogen-bond acceptors (Lipinski definition) is 7. The summed E-state index contributed by atoms with van der Waals surface area (Å²) in [6, 6.07) is 13.2. The van der Waals surface area contributed by atoms with Gasteiger partial charge in [0.05, 0.1) is 18.4 Å². The molecule has 0 aliphatic heterocycles. The zero-order chi connectivity index (χ0) is 16.9. The van der Waals surface area contributed by atoms with E-state index in [0.717, 1.165) is 10.6 Å². The topological polar surface area (TPSA) is 79.1 Å². The van der Waals surface area contributed by atoms with E-state index in [1.54, 1.807) is 0 Å². The predicted molar refractivity (Wildman–Crippen MR) is 88.0 cm³/mol. The van der Waals surface area contributed by atoms with Crippen LogP contribution in [0.15, 0.2) is 60.0 Å². The van der Waals surface area contributed by atoms with Crippen molar-refractivity contribution in [3.63, 3.8) is 0 Å². The Labute approximate surface area is 142 Å². The molecule has 122 valence electrons. The number of aromatic nitrogens is 4. The molecule has 3 rings (SSSR count). The van der Waals surface area contributed by atoms with Crippen LogP contribution in [0.4, 0.5) is 0 Å². The molecule has 1 unspecified atom stereocenters. The monoisotopic (exact) mass is 342 g/mol. The summed E-state index contributed by atoms with van der Waals surface area (Å²) in [6.45, 7) is 3.79. The van der Waals surface area contributed by atoms with E-state index in [-0.39, 0.29) is 11.6 Å². The number of thiophene rings is 1. The van der Waals surface area contributed by atoms with Gasteiger partial charge < -0.3 is 9.47 Å². The Balaban J connectivity index is 1.93. The summed E-state index contributed by atoms with van der Waals surface area (Å²) < 4.78 is 12.1. The number of carbonyl (C=O) groups excluding carboxylic acids is 1. The van der Waals surface area contributed by atoms with Crippen LogP contribution in [0, 0.1) is 0 Å². The van der Waals surface area contributed by atoms with E-state index in [4.69, 9.17) is 9.47 Å². The molecule has 0 saturated carbocycles. The van der Waals surface area contributed by atoms with Crippen molar-refractivity contribution in [1.29, 1.82) is 0 Å². The highest BCUT2D eigenvalue weighted by atomic mass is 32.1. The van der Waals surface area contributed by atoms with Gasteiger partial charge in [0.25, 0.3) is 0 Å². The molecule has 0 radical (unpaired) electrons. The molecule has 24 heavy (non-hydrogen) atoms. The number of esters is 1. The summed E-state index contributed by atoms with van der Waals surface area (Å²) in [7, 11) is 1.30. The van der Waals surface area contributed by atoms with E-state index in [0.29, 0.717) is 0 Å². The second-order valence-corrected chi connectivity index (χ2v) is 5.72. The van der Waals surface area contributed by atoms with Gasteiger partial charge in [-0.2, -0.15) is 4.68 Å². The van der Waals surface area contributed by atoms with Crippen LogP contribution >= 0.6 is 11.3 Å². The van der Waals surface area contributed by atoms with Crippen LogP contribution in [-0.4, -0.2) is 33.3 Å². The van der Waals surface area contributed by atoms with E-state index in [1.807, 2.05) is 47.8 Å². The minimum atomic E-state index is -0.731. The predicted octanol–water partition coefficient (Wildman–Crippen LogP) is 2.57. The van der Waals surface area contributed by atoms with Crippen LogP contribution < -0.4 is 4.74 Å². The molecule has 2 heterocycles. The smallest absolute Gasteiger partial charge is 0.341 e. The molecule has 0 bridgehead atoms. The second-order valence-electron chi connectivity index (χ2n) is 4.74. The molecule has 1 atom stereocenters. The summed E-state index contributed by atoms with van der Waals surface area (Å²) in [5.74, 6) is -0.549. The molecular weight excluding hydrogens is 328 g/mol. The minimum absolute atomic E-state index is 0.157. The number of tetrazole rings is 1. The van der Waals surface area contributed by atoms with Gasteiger partial charge in [0.15, 0.2) is 6.10 Å². The molecule has 0 spiro atoms. The van der Waals surface area contributed by atoms with Crippen molar-refractivity contribution in [3.8, 4) is 11.7 Å². The zero-order valence-electron chi connectivity index (χ0n) is 12.8. The molecular formula is C16H14N4O3S. The maximum atomic E-state index is 11.9. The molecule has 0 amide bonds. The lowest BCUT2D eigenvalue weighted by atomic mass is 10.1. The first-order valence-electron chi connectivity index (χ1n) is 7.01. The zero-order valence-corrected chi connectivity index (χ0v) is 13.6. The maximum absolute atomic E-state index is 11.9. The molecule has 1 aromatic carbocycles. The first-order chi connectivity index (χ1) is 11.7. The highest BCUT2D eigenvalue weighted by Gasteiger charge is 2.27. The lowest BCUT2D eigenvalue weighted by Crippen LogP contribution is -2.18. The van der Waals surface area contributed by atoms with Crippen molar-refractivity contribution < 1.29 is 14.3 Å². The average molecular weight is 342 g/mol. The Morgan fingerprint density at radius 1 is 1.25 bits per heavy atom.